The van der Waals surface area contributed by atoms with E-state index in [9.17, 15) is 15.0 Å². The Hall–Kier alpha value is -1.58. The van der Waals surface area contributed by atoms with Gasteiger partial charge in [-0.3, -0.25) is 4.79 Å². The zero-order valence-electron chi connectivity index (χ0n) is 18.0. The fourth-order valence-electron chi connectivity index (χ4n) is 3.64. The molecule has 4 rings (SSSR count). The summed E-state index contributed by atoms with van der Waals surface area (Å²) in [4.78, 5) is 17.3. The molecule has 0 aliphatic carbocycles. The van der Waals surface area contributed by atoms with Crippen molar-refractivity contribution < 1.29 is 24.5 Å². The van der Waals surface area contributed by atoms with Crippen molar-refractivity contribution in [3.63, 3.8) is 0 Å². The standard InChI is InChI=1S/C20H21BrClN5O5S2/c1-23-18(30)10-4-3-9(21)5-13(10)34-20-17(31-2)15(16(29)12(7-28)32-20)27-6-11(25-26-27)19-24-14(22)8-33-19/h3-6,8,12,15-17,20,28-29H,7H2,1-2H3,(H,23,30). The maximum atomic E-state index is 12.4. The minimum atomic E-state index is -1.14. The predicted molar refractivity (Wildman–Crippen MR) is 131 cm³/mol. The number of ether oxygens (including phenoxy) is 2. The molecule has 3 heterocycles. The largest absolute Gasteiger partial charge is 0.394 e. The van der Waals surface area contributed by atoms with E-state index < -0.39 is 36.4 Å². The van der Waals surface area contributed by atoms with Gasteiger partial charge in [-0.2, -0.15) is 0 Å². The lowest BCUT2D eigenvalue weighted by Crippen LogP contribution is -2.55. The number of rotatable bonds is 7. The highest BCUT2D eigenvalue weighted by Crippen LogP contribution is 2.41. The van der Waals surface area contributed by atoms with Gasteiger partial charge in [-0.1, -0.05) is 44.5 Å². The predicted octanol–water partition coefficient (Wildman–Crippen LogP) is 2.60. The summed E-state index contributed by atoms with van der Waals surface area (Å²) < 4.78 is 14.0. The Morgan fingerprint density at radius 2 is 2.26 bits per heavy atom. The molecule has 0 radical (unpaired) electrons. The zero-order valence-corrected chi connectivity index (χ0v) is 21.9. The van der Waals surface area contributed by atoms with Crippen molar-refractivity contribution in [2.45, 2.75) is 34.7 Å². The number of carbonyl (C=O) groups is 1. The fourth-order valence-corrected chi connectivity index (χ4v) is 6.39. The molecule has 0 bridgehead atoms. The molecular weight excluding hydrogens is 570 g/mol. The van der Waals surface area contributed by atoms with Gasteiger partial charge in [0, 0.05) is 28.9 Å². The van der Waals surface area contributed by atoms with Crippen LogP contribution in [-0.4, -0.2) is 80.6 Å². The first-order valence-corrected chi connectivity index (χ1v) is 13.0. The van der Waals surface area contributed by atoms with Crippen LogP contribution in [0.4, 0.5) is 0 Å². The molecule has 3 N–H and O–H groups in total. The van der Waals surface area contributed by atoms with E-state index in [2.05, 4.69) is 36.5 Å². The average Bonchev–Trinajstić information content (AvgIpc) is 3.48. The Bertz CT molecular complexity index is 1160. The molecule has 1 saturated heterocycles. The van der Waals surface area contributed by atoms with E-state index in [1.165, 1.54) is 34.9 Å². The van der Waals surface area contributed by atoms with Gasteiger partial charge in [0.05, 0.1) is 18.4 Å². The number of aliphatic hydroxyl groups is 2. The highest BCUT2D eigenvalue weighted by molar-refractivity contribution is 9.10. The van der Waals surface area contributed by atoms with Crippen molar-refractivity contribution >= 4 is 56.5 Å². The van der Waals surface area contributed by atoms with Crippen LogP contribution in [0.15, 0.2) is 39.1 Å². The quantitative estimate of drug-likeness (QED) is 0.380. The molecule has 1 aliphatic heterocycles. The summed E-state index contributed by atoms with van der Waals surface area (Å²) in [5, 5.41) is 34.5. The van der Waals surface area contributed by atoms with Crippen LogP contribution in [-0.2, 0) is 9.47 Å². The minimum absolute atomic E-state index is 0.252. The number of aliphatic hydroxyl groups excluding tert-OH is 2. The molecule has 1 aliphatic rings. The van der Waals surface area contributed by atoms with Gasteiger partial charge >= 0.3 is 0 Å². The molecule has 1 fully saturated rings. The van der Waals surface area contributed by atoms with Crippen molar-refractivity contribution in [2.75, 3.05) is 20.8 Å². The van der Waals surface area contributed by atoms with Gasteiger partial charge in [-0.15, -0.1) is 16.4 Å². The highest BCUT2D eigenvalue weighted by Gasteiger charge is 2.47. The van der Waals surface area contributed by atoms with E-state index >= 15 is 0 Å². The monoisotopic (exact) mass is 589 g/mol. The number of halogens is 2. The van der Waals surface area contributed by atoms with Crippen LogP contribution < -0.4 is 5.32 Å². The normalized spacial score (nSPS) is 24.8. The van der Waals surface area contributed by atoms with Crippen LogP contribution in [0.5, 0.6) is 0 Å². The second-order valence-electron chi connectivity index (χ2n) is 7.30. The number of carbonyl (C=O) groups excluding carboxylic acids is 1. The van der Waals surface area contributed by atoms with E-state index in [4.69, 9.17) is 21.1 Å². The summed E-state index contributed by atoms with van der Waals surface area (Å²) in [7, 11) is 3.06. The lowest BCUT2D eigenvalue weighted by atomic mass is 9.97. The molecule has 5 atom stereocenters. The number of thioether (sulfide) groups is 1. The molecule has 182 valence electrons. The molecule has 1 amide bonds. The van der Waals surface area contributed by atoms with Crippen molar-refractivity contribution in [1.82, 2.24) is 25.3 Å². The number of hydrogen-bond acceptors (Lipinski definition) is 10. The molecule has 1 aromatic carbocycles. The van der Waals surface area contributed by atoms with Crippen LogP contribution in [0.1, 0.15) is 16.4 Å². The summed E-state index contributed by atoms with van der Waals surface area (Å²) >= 11 is 12.0. The molecule has 0 saturated carbocycles. The van der Waals surface area contributed by atoms with Gasteiger partial charge in [0.2, 0.25) is 0 Å². The van der Waals surface area contributed by atoms with Gasteiger partial charge in [-0.05, 0) is 18.2 Å². The number of aromatic nitrogens is 4. The maximum Gasteiger partial charge on any atom is 0.252 e. The number of benzene rings is 1. The lowest BCUT2D eigenvalue weighted by Gasteiger charge is -2.43. The van der Waals surface area contributed by atoms with E-state index in [0.717, 1.165) is 4.47 Å². The van der Waals surface area contributed by atoms with Crippen LogP contribution >= 0.6 is 50.6 Å². The Kier molecular flexibility index (Phi) is 8.25. The first-order valence-electron chi connectivity index (χ1n) is 10.0. The first-order chi connectivity index (χ1) is 16.4. The van der Waals surface area contributed by atoms with E-state index in [1.54, 1.807) is 36.8 Å². The molecule has 3 aromatic rings. The van der Waals surface area contributed by atoms with Crippen molar-refractivity contribution in [3.05, 3.63) is 45.0 Å². The molecule has 5 unspecified atom stereocenters. The van der Waals surface area contributed by atoms with E-state index in [1.807, 2.05) is 0 Å². The smallest absolute Gasteiger partial charge is 0.252 e. The number of thiazole rings is 1. The summed E-state index contributed by atoms with van der Waals surface area (Å²) in [5.41, 5.74) is 0.264. The minimum Gasteiger partial charge on any atom is -0.394 e. The van der Waals surface area contributed by atoms with Crippen molar-refractivity contribution in [3.8, 4) is 10.7 Å². The second-order valence-corrected chi connectivity index (χ2v) is 10.6. The molecule has 14 heteroatoms. The van der Waals surface area contributed by atoms with Gasteiger partial charge in [0.1, 0.15) is 45.6 Å². The average molecular weight is 591 g/mol. The maximum absolute atomic E-state index is 12.4. The molecule has 10 nitrogen and oxygen atoms in total. The third kappa shape index (κ3) is 5.16. The number of nitrogens with one attached hydrogen (secondary N) is 1. The number of hydrogen-bond donors (Lipinski definition) is 3. The molecular formula is C20H21BrClN5O5S2. The topological polar surface area (TPSA) is 132 Å². The molecule has 2 aromatic heterocycles. The Morgan fingerprint density at radius 1 is 1.47 bits per heavy atom. The number of nitrogens with zero attached hydrogens (tertiary/aromatic N) is 4. The first kappa shape index (κ1) is 25.5. The Labute approximate surface area is 216 Å². The van der Waals surface area contributed by atoms with E-state index in [-0.39, 0.29) is 5.91 Å². The van der Waals surface area contributed by atoms with Gasteiger partial charge in [0.15, 0.2) is 0 Å². The summed E-state index contributed by atoms with van der Waals surface area (Å²) in [6.07, 6.45) is -1.10. The van der Waals surface area contributed by atoms with Crippen LogP contribution in [0, 0.1) is 0 Å². The van der Waals surface area contributed by atoms with E-state index in [0.29, 0.717) is 26.3 Å². The highest BCUT2D eigenvalue weighted by atomic mass is 79.9. The second kappa shape index (κ2) is 11.0. The third-order valence-corrected chi connectivity index (χ3v) is 8.15. The lowest BCUT2D eigenvalue weighted by molar-refractivity contribution is -0.186. The zero-order chi connectivity index (χ0) is 24.4. The van der Waals surface area contributed by atoms with Gasteiger partial charge < -0.3 is 25.0 Å². The summed E-state index contributed by atoms with van der Waals surface area (Å²) in [5.74, 6) is -0.252. The molecule has 0 spiro atoms. The number of amides is 1. The summed E-state index contributed by atoms with van der Waals surface area (Å²) in [6, 6.07) is 4.55. The van der Waals surface area contributed by atoms with Gasteiger partial charge in [-0.25, -0.2) is 9.67 Å². The Balaban J connectivity index is 1.68. The molecule has 34 heavy (non-hydrogen) atoms. The SMILES string of the molecule is CNC(=O)c1ccc(Br)cc1SC1OC(CO)C(O)C(n2cc(-c3nc(Cl)cs3)nn2)C1OC. The van der Waals surface area contributed by atoms with Crippen LogP contribution in [0.3, 0.4) is 0 Å². The summed E-state index contributed by atoms with van der Waals surface area (Å²) in [6.45, 7) is -0.421. The van der Waals surface area contributed by atoms with Crippen LogP contribution in [0.2, 0.25) is 5.15 Å². The fraction of sp³-hybridized carbons (Fsp3) is 0.400. The number of methoxy groups -OCH3 is 1. The third-order valence-electron chi connectivity index (χ3n) is 5.27. The van der Waals surface area contributed by atoms with Crippen molar-refractivity contribution in [1.29, 1.82) is 0 Å². The van der Waals surface area contributed by atoms with Gasteiger partial charge in [0.25, 0.3) is 5.91 Å². The van der Waals surface area contributed by atoms with Crippen molar-refractivity contribution in [2.24, 2.45) is 0 Å². The Morgan fingerprint density at radius 3 is 2.91 bits per heavy atom. The van der Waals surface area contributed by atoms with Crippen LogP contribution in [0.25, 0.3) is 10.7 Å².